The lowest BCUT2D eigenvalue weighted by Crippen LogP contribution is -2.50. The van der Waals surface area contributed by atoms with Crippen LogP contribution in [0.25, 0.3) is 0 Å². The van der Waals surface area contributed by atoms with E-state index >= 15 is 0 Å². The fraction of sp³-hybridized carbons (Fsp3) is 0.944. The van der Waals surface area contributed by atoms with Gasteiger partial charge in [-0.3, -0.25) is 9.69 Å². The summed E-state index contributed by atoms with van der Waals surface area (Å²) in [6.07, 6.45) is 2.70. The molecular formula is C18H37N3O. The molecule has 0 aromatic heterocycles. The molecule has 130 valence electrons. The first kappa shape index (κ1) is 19.6. The Morgan fingerprint density at radius 2 is 1.45 bits per heavy atom. The van der Waals surface area contributed by atoms with Crippen molar-refractivity contribution in [3.8, 4) is 0 Å². The highest BCUT2D eigenvalue weighted by atomic mass is 16.1. The predicted molar refractivity (Wildman–Crippen MR) is 94.3 cm³/mol. The molecule has 2 aliphatic rings. The third-order valence-corrected chi connectivity index (χ3v) is 4.84. The highest BCUT2D eigenvalue weighted by molar-refractivity contribution is 5.82. The molecular weight excluding hydrogens is 274 g/mol. The molecule has 0 aromatic rings. The Morgan fingerprint density at radius 1 is 0.955 bits per heavy atom. The van der Waals surface area contributed by atoms with Crippen LogP contribution in [-0.4, -0.2) is 79.9 Å². The molecule has 0 saturated carbocycles. The van der Waals surface area contributed by atoms with Crippen LogP contribution in [0.4, 0.5) is 0 Å². The summed E-state index contributed by atoms with van der Waals surface area (Å²) >= 11 is 0. The Labute approximate surface area is 137 Å². The number of hydrogen-bond donors (Lipinski definition) is 0. The van der Waals surface area contributed by atoms with Crippen LogP contribution < -0.4 is 0 Å². The van der Waals surface area contributed by atoms with Gasteiger partial charge in [-0.15, -0.1) is 0 Å². The van der Waals surface area contributed by atoms with Crippen molar-refractivity contribution in [2.24, 2.45) is 11.8 Å². The van der Waals surface area contributed by atoms with Gasteiger partial charge in [0.1, 0.15) is 5.78 Å². The van der Waals surface area contributed by atoms with Crippen molar-refractivity contribution in [3.63, 3.8) is 0 Å². The minimum atomic E-state index is 0.173. The summed E-state index contributed by atoms with van der Waals surface area (Å²) < 4.78 is 0. The van der Waals surface area contributed by atoms with E-state index in [1.54, 1.807) is 0 Å². The average molecular weight is 312 g/mol. The third kappa shape index (κ3) is 6.76. The number of piperazine rings is 1. The Bertz CT molecular complexity index is 303. The lowest BCUT2D eigenvalue weighted by molar-refractivity contribution is -0.123. The number of ketones is 1. The standard InChI is InChI=1S/C16H31N3O.C2H6/c1-14(2)16(20)13-19-10-8-18(9-11-19)12-15-4-6-17(3)7-5-15;1-2/h14-15H,4-13H2,1-3H3;1-2H3. The van der Waals surface area contributed by atoms with E-state index < -0.39 is 0 Å². The van der Waals surface area contributed by atoms with Gasteiger partial charge in [0.25, 0.3) is 0 Å². The molecule has 2 heterocycles. The van der Waals surface area contributed by atoms with Gasteiger partial charge in [0, 0.05) is 38.6 Å². The molecule has 0 unspecified atom stereocenters. The number of nitrogens with zero attached hydrogens (tertiary/aromatic N) is 3. The number of Topliss-reactive ketones (excluding diaryl/α,β-unsaturated/α-hetero) is 1. The van der Waals surface area contributed by atoms with Crippen molar-refractivity contribution >= 4 is 5.78 Å². The molecule has 4 heteroatoms. The summed E-state index contributed by atoms with van der Waals surface area (Å²) in [7, 11) is 2.22. The first-order valence-corrected chi connectivity index (χ1v) is 9.20. The van der Waals surface area contributed by atoms with Gasteiger partial charge < -0.3 is 9.80 Å². The second kappa shape index (κ2) is 10.3. The van der Waals surface area contributed by atoms with Crippen LogP contribution >= 0.6 is 0 Å². The lowest BCUT2D eigenvalue weighted by atomic mass is 9.96. The largest absolute Gasteiger partial charge is 0.306 e. The van der Waals surface area contributed by atoms with Crippen LogP contribution in [-0.2, 0) is 4.79 Å². The van der Waals surface area contributed by atoms with E-state index in [9.17, 15) is 4.79 Å². The first-order chi connectivity index (χ1) is 10.5. The second-order valence-electron chi connectivity index (χ2n) is 6.94. The summed E-state index contributed by atoms with van der Waals surface area (Å²) in [5, 5.41) is 0. The van der Waals surface area contributed by atoms with Crippen LogP contribution in [0.15, 0.2) is 0 Å². The zero-order chi connectivity index (χ0) is 16.5. The van der Waals surface area contributed by atoms with Gasteiger partial charge >= 0.3 is 0 Å². The molecule has 0 atom stereocenters. The fourth-order valence-electron chi connectivity index (χ4n) is 3.14. The van der Waals surface area contributed by atoms with Crippen molar-refractivity contribution in [2.75, 3.05) is 59.4 Å². The molecule has 2 aliphatic heterocycles. The Kier molecular flexibility index (Phi) is 9.22. The molecule has 0 bridgehead atoms. The van der Waals surface area contributed by atoms with Crippen molar-refractivity contribution < 1.29 is 4.79 Å². The lowest BCUT2D eigenvalue weighted by Gasteiger charge is -2.38. The number of rotatable bonds is 5. The van der Waals surface area contributed by atoms with Crippen molar-refractivity contribution in [2.45, 2.75) is 40.5 Å². The van der Waals surface area contributed by atoms with E-state index in [4.69, 9.17) is 0 Å². The number of carbonyl (C=O) groups excluding carboxylic acids is 1. The number of piperidine rings is 1. The Hall–Kier alpha value is -0.450. The fourth-order valence-corrected chi connectivity index (χ4v) is 3.14. The highest BCUT2D eigenvalue weighted by Crippen LogP contribution is 2.18. The average Bonchev–Trinajstić information content (AvgIpc) is 2.53. The molecule has 2 saturated heterocycles. The maximum atomic E-state index is 11.8. The summed E-state index contributed by atoms with van der Waals surface area (Å²) in [4.78, 5) is 19.1. The van der Waals surface area contributed by atoms with Crippen LogP contribution in [0.2, 0.25) is 0 Å². The number of hydrogen-bond acceptors (Lipinski definition) is 4. The van der Waals surface area contributed by atoms with Crippen molar-refractivity contribution in [3.05, 3.63) is 0 Å². The minimum Gasteiger partial charge on any atom is -0.306 e. The maximum absolute atomic E-state index is 11.8. The number of likely N-dealkylation sites (tertiary alicyclic amines) is 1. The van der Waals surface area contributed by atoms with E-state index in [-0.39, 0.29) is 5.92 Å². The molecule has 0 radical (unpaired) electrons. The molecule has 2 rings (SSSR count). The monoisotopic (exact) mass is 311 g/mol. The quantitative estimate of drug-likeness (QED) is 0.778. The van der Waals surface area contributed by atoms with Gasteiger partial charge in [0.15, 0.2) is 0 Å². The highest BCUT2D eigenvalue weighted by Gasteiger charge is 2.23. The first-order valence-electron chi connectivity index (χ1n) is 9.20. The Balaban J connectivity index is 0.00000116. The molecule has 4 nitrogen and oxygen atoms in total. The van der Waals surface area contributed by atoms with E-state index in [1.165, 1.54) is 32.5 Å². The van der Waals surface area contributed by atoms with Crippen LogP contribution in [0.1, 0.15) is 40.5 Å². The Morgan fingerprint density at radius 3 is 1.95 bits per heavy atom. The van der Waals surface area contributed by atoms with E-state index in [0.29, 0.717) is 12.3 Å². The zero-order valence-corrected chi connectivity index (χ0v) is 15.5. The molecule has 0 amide bonds. The molecule has 22 heavy (non-hydrogen) atoms. The summed E-state index contributed by atoms with van der Waals surface area (Å²) in [5.41, 5.74) is 0. The predicted octanol–water partition coefficient (Wildman–Crippen LogP) is 2.20. The molecule has 0 N–H and O–H groups in total. The summed E-state index contributed by atoms with van der Waals surface area (Å²) in [6, 6.07) is 0. The van der Waals surface area contributed by atoms with Gasteiger partial charge in [0.05, 0.1) is 6.54 Å². The molecule has 2 fully saturated rings. The summed E-state index contributed by atoms with van der Waals surface area (Å²) in [5.74, 6) is 1.44. The van der Waals surface area contributed by atoms with Crippen molar-refractivity contribution in [1.29, 1.82) is 0 Å². The minimum absolute atomic E-state index is 0.173. The van der Waals surface area contributed by atoms with E-state index in [0.717, 1.165) is 32.1 Å². The third-order valence-electron chi connectivity index (χ3n) is 4.84. The van der Waals surface area contributed by atoms with Crippen LogP contribution in [0, 0.1) is 11.8 Å². The number of carbonyl (C=O) groups is 1. The van der Waals surface area contributed by atoms with Gasteiger partial charge in [-0.2, -0.15) is 0 Å². The van der Waals surface area contributed by atoms with E-state index in [2.05, 4.69) is 21.7 Å². The smallest absolute Gasteiger partial charge is 0.149 e. The van der Waals surface area contributed by atoms with Crippen molar-refractivity contribution in [1.82, 2.24) is 14.7 Å². The van der Waals surface area contributed by atoms with Crippen LogP contribution in [0.5, 0.6) is 0 Å². The molecule has 0 aliphatic carbocycles. The zero-order valence-electron chi connectivity index (χ0n) is 15.5. The summed E-state index contributed by atoms with van der Waals surface area (Å²) in [6.45, 7) is 16.8. The molecule has 0 aromatic carbocycles. The SMILES string of the molecule is CC.CC(C)C(=O)CN1CCN(CC2CCN(C)CC2)CC1. The van der Waals surface area contributed by atoms with Crippen LogP contribution in [0.3, 0.4) is 0 Å². The van der Waals surface area contributed by atoms with Gasteiger partial charge in [0.2, 0.25) is 0 Å². The molecule has 0 spiro atoms. The maximum Gasteiger partial charge on any atom is 0.149 e. The topological polar surface area (TPSA) is 26.8 Å². The van der Waals surface area contributed by atoms with Gasteiger partial charge in [-0.25, -0.2) is 0 Å². The van der Waals surface area contributed by atoms with Gasteiger partial charge in [-0.1, -0.05) is 27.7 Å². The van der Waals surface area contributed by atoms with E-state index in [1.807, 2.05) is 27.7 Å². The normalized spacial score (nSPS) is 22.5. The second-order valence-corrected chi connectivity index (χ2v) is 6.94. The van der Waals surface area contributed by atoms with Gasteiger partial charge in [-0.05, 0) is 38.9 Å².